The zero-order chi connectivity index (χ0) is 25.1. The number of amides is 2. The lowest BCUT2D eigenvalue weighted by Gasteiger charge is -2.12. The van der Waals surface area contributed by atoms with Gasteiger partial charge in [0.2, 0.25) is 0 Å². The summed E-state index contributed by atoms with van der Waals surface area (Å²) in [6.07, 6.45) is 1.59. The normalized spacial score (nSPS) is 14.6. The number of para-hydroxylation sites is 1. The molecule has 0 atom stereocenters. The van der Waals surface area contributed by atoms with Crippen molar-refractivity contribution in [2.75, 3.05) is 0 Å². The molecular formula is C24H15BrCl2N2O5S. The van der Waals surface area contributed by atoms with Crippen LogP contribution in [0.4, 0.5) is 10.5 Å². The first-order valence-corrected chi connectivity index (χ1v) is 12.4. The van der Waals surface area contributed by atoms with Gasteiger partial charge in [-0.25, -0.2) is 0 Å². The smallest absolute Gasteiger partial charge is 0.293 e. The number of rotatable bonds is 7. The molecule has 0 aliphatic carbocycles. The van der Waals surface area contributed by atoms with Gasteiger partial charge in [-0.1, -0.05) is 53.5 Å². The van der Waals surface area contributed by atoms with Gasteiger partial charge in [-0.3, -0.25) is 24.6 Å². The number of ether oxygens (including phenoxy) is 1. The van der Waals surface area contributed by atoms with Crippen molar-refractivity contribution in [3.63, 3.8) is 0 Å². The fraction of sp³-hybridized carbons (Fsp3) is 0.0833. The number of imide groups is 1. The van der Waals surface area contributed by atoms with Crippen molar-refractivity contribution >= 4 is 73.8 Å². The van der Waals surface area contributed by atoms with Crippen LogP contribution in [0, 0.1) is 10.1 Å². The lowest BCUT2D eigenvalue weighted by atomic mass is 10.1. The Morgan fingerprint density at radius 3 is 2.54 bits per heavy atom. The van der Waals surface area contributed by atoms with Gasteiger partial charge >= 0.3 is 0 Å². The molecule has 0 radical (unpaired) electrons. The predicted molar refractivity (Wildman–Crippen MR) is 140 cm³/mol. The molecule has 1 heterocycles. The van der Waals surface area contributed by atoms with Crippen molar-refractivity contribution in [2.45, 2.75) is 13.2 Å². The van der Waals surface area contributed by atoms with Crippen LogP contribution in [0.1, 0.15) is 16.7 Å². The second-order valence-electron chi connectivity index (χ2n) is 7.37. The SMILES string of the molecule is O=C1SC(=Cc2ccc(OCc3ccc(Cl)cc3Cl)c(Br)c2)C(=O)N1Cc1ccccc1[N+](=O)[O-]. The summed E-state index contributed by atoms with van der Waals surface area (Å²) in [5.74, 6) is 0.0599. The van der Waals surface area contributed by atoms with E-state index < -0.39 is 16.1 Å². The van der Waals surface area contributed by atoms with Crippen LogP contribution < -0.4 is 4.74 Å². The number of carbonyl (C=O) groups is 2. The van der Waals surface area contributed by atoms with Gasteiger partial charge in [0.15, 0.2) is 0 Å². The van der Waals surface area contributed by atoms with Crippen molar-refractivity contribution in [3.8, 4) is 5.75 Å². The second kappa shape index (κ2) is 10.8. The molecule has 0 N–H and O–H groups in total. The van der Waals surface area contributed by atoms with Crippen LogP contribution in [0.25, 0.3) is 6.08 Å². The molecule has 178 valence electrons. The minimum atomic E-state index is -0.535. The van der Waals surface area contributed by atoms with Crippen LogP contribution in [0.2, 0.25) is 10.0 Å². The molecule has 35 heavy (non-hydrogen) atoms. The monoisotopic (exact) mass is 592 g/mol. The molecule has 0 aromatic heterocycles. The summed E-state index contributed by atoms with van der Waals surface area (Å²) in [5.41, 5.74) is 1.59. The zero-order valence-corrected chi connectivity index (χ0v) is 21.7. The third kappa shape index (κ3) is 5.87. The summed E-state index contributed by atoms with van der Waals surface area (Å²) < 4.78 is 6.48. The minimum Gasteiger partial charge on any atom is -0.488 e. The van der Waals surface area contributed by atoms with Crippen LogP contribution >= 0.6 is 50.9 Å². The summed E-state index contributed by atoms with van der Waals surface area (Å²) in [7, 11) is 0. The molecule has 0 spiro atoms. The highest BCUT2D eigenvalue weighted by molar-refractivity contribution is 9.10. The van der Waals surface area contributed by atoms with Gasteiger partial charge < -0.3 is 4.74 Å². The molecule has 4 rings (SSSR count). The fourth-order valence-electron chi connectivity index (χ4n) is 3.30. The molecule has 1 fully saturated rings. The molecule has 0 bridgehead atoms. The molecule has 0 unspecified atom stereocenters. The maximum atomic E-state index is 12.9. The van der Waals surface area contributed by atoms with Gasteiger partial charge in [-0.2, -0.15) is 0 Å². The van der Waals surface area contributed by atoms with E-state index in [4.69, 9.17) is 27.9 Å². The summed E-state index contributed by atoms with van der Waals surface area (Å²) in [6.45, 7) is 0.0569. The topological polar surface area (TPSA) is 89.8 Å². The highest BCUT2D eigenvalue weighted by Crippen LogP contribution is 2.36. The van der Waals surface area contributed by atoms with E-state index in [0.717, 1.165) is 22.2 Å². The fourth-order valence-corrected chi connectivity index (χ4v) is 5.11. The lowest BCUT2D eigenvalue weighted by Crippen LogP contribution is -2.27. The average Bonchev–Trinajstić information content (AvgIpc) is 3.07. The number of benzene rings is 3. The summed E-state index contributed by atoms with van der Waals surface area (Å²) in [5, 5.41) is 11.8. The van der Waals surface area contributed by atoms with Crippen LogP contribution in [0.3, 0.4) is 0 Å². The summed E-state index contributed by atoms with van der Waals surface area (Å²) in [6, 6.07) is 16.4. The van der Waals surface area contributed by atoms with Gasteiger partial charge in [0.1, 0.15) is 12.4 Å². The van der Waals surface area contributed by atoms with E-state index in [1.165, 1.54) is 18.2 Å². The minimum absolute atomic E-state index is 0.144. The molecule has 3 aromatic carbocycles. The van der Waals surface area contributed by atoms with Crippen molar-refractivity contribution in [1.82, 2.24) is 4.90 Å². The molecule has 7 nitrogen and oxygen atoms in total. The highest BCUT2D eigenvalue weighted by Gasteiger charge is 2.36. The van der Waals surface area contributed by atoms with E-state index in [2.05, 4.69) is 15.9 Å². The zero-order valence-electron chi connectivity index (χ0n) is 17.7. The summed E-state index contributed by atoms with van der Waals surface area (Å²) in [4.78, 5) is 37.3. The Kier molecular flexibility index (Phi) is 7.81. The Balaban J connectivity index is 1.48. The van der Waals surface area contributed by atoms with E-state index in [1.54, 1.807) is 48.5 Å². The van der Waals surface area contributed by atoms with E-state index in [1.807, 2.05) is 0 Å². The van der Waals surface area contributed by atoms with Gasteiger partial charge in [0.25, 0.3) is 16.8 Å². The largest absolute Gasteiger partial charge is 0.488 e. The molecular weight excluding hydrogens is 579 g/mol. The first-order chi connectivity index (χ1) is 16.7. The second-order valence-corrected chi connectivity index (χ2v) is 10.1. The van der Waals surface area contributed by atoms with Crippen LogP contribution in [-0.2, 0) is 17.9 Å². The maximum Gasteiger partial charge on any atom is 0.293 e. The number of nitro benzene ring substituents is 1. The Hall–Kier alpha value is -2.85. The summed E-state index contributed by atoms with van der Waals surface area (Å²) >= 11 is 16.4. The highest BCUT2D eigenvalue weighted by atomic mass is 79.9. The van der Waals surface area contributed by atoms with E-state index in [9.17, 15) is 19.7 Å². The van der Waals surface area contributed by atoms with Gasteiger partial charge in [-0.05, 0) is 63.6 Å². The molecule has 0 saturated carbocycles. The number of hydrogen-bond acceptors (Lipinski definition) is 6. The van der Waals surface area contributed by atoms with Crippen LogP contribution in [0.15, 0.2) is 70.0 Å². The molecule has 1 aliphatic rings. The Morgan fingerprint density at radius 1 is 1.06 bits per heavy atom. The van der Waals surface area contributed by atoms with Crippen molar-refractivity contribution in [1.29, 1.82) is 0 Å². The Labute approximate surface area is 222 Å². The van der Waals surface area contributed by atoms with E-state index in [0.29, 0.717) is 25.8 Å². The first kappa shape index (κ1) is 25.2. The van der Waals surface area contributed by atoms with Gasteiger partial charge in [-0.15, -0.1) is 0 Å². The van der Waals surface area contributed by atoms with Gasteiger partial charge in [0.05, 0.1) is 20.8 Å². The maximum absolute atomic E-state index is 12.9. The van der Waals surface area contributed by atoms with E-state index in [-0.39, 0.29) is 29.3 Å². The third-order valence-corrected chi connectivity index (χ3v) is 7.16. The number of halogens is 3. The number of hydrogen-bond donors (Lipinski definition) is 0. The molecule has 11 heteroatoms. The Morgan fingerprint density at radius 2 is 1.83 bits per heavy atom. The number of nitro groups is 1. The van der Waals surface area contributed by atoms with Crippen molar-refractivity contribution < 1.29 is 19.2 Å². The quantitative estimate of drug-likeness (QED) is 0.160. The average molecular weight is 594 g/mol. The van der Waals surface area contributed by atoms with E-state index >= 15 is 0 Å². The lowest BCUT2D eigenvalue weighted by molar-refractivity contribution is -0.385. The first-order valence-electron chi connectivity index (χ1n) is 10.1. The van der Waals surface area contributed by atoms with Crippen LogP contribution in [-0.4, -0.2) is 21.0 Å². The van der Waals surface area contributed by atoms with Gasteiger partial charge in [0, 0.05) is 27.2 Å². The van der Waals surface area contributed by atoms with Crippen molar-refractivity contribution in [2.24, 2.45) is 0 Å². The Bertz CT molecular complexity index is 1380. The third-order valence-electron chi connectivity index (χ3n) is 5.04. The molecule has 1 saturated heterocycles. The molecule has 1 aliphatic heterocycles. The number of carbonyl (C=O) groups excluding carboxylic acids is 2. The van der Waals surface area contributed by atoms with Crippen molar-refractivity contribution in [3.05, 3.63) is 107 Å². The number of thioether (sulfide) groups is 1. The van der Waals surface area contributed by atoms with Crippen LogP contribution in [0.5, 0.6) is 5.75 Å². The standard InChI is InChI=1S/C24H15BrCl2N2O5S/c25-18-9-14(5-8-21(18)34-13-16-6-7-17(26)11-19(16)27)10-22-23(30)28(24(31)35-22)12-15-3-1-2-4-20(15)29(32)33/h1-11H,12-13H2. The number of nitrogens with zero attached hydrogens (tertiary/aromatic N) is 2. The predicted octanol–water partition coefficient (Wildman–Crippen LogP) is 7.48. The molecule has 2 amide bonds. The molecule has 3 aromatic rings.